The number of ether oxygens (including phenoxy) is 1. The lowest BCUT2D eigenvalue weighted by atomic mass is 10.3. The van der Waals surface area contributed by atoms with E-state index in [0.29, 0.717) is 0 Å². The van der Waals surface area contributed by atoms with Crippen LogP contribution in [-0.2, 0) is 9.84 Å². The topological polar surface area (TPSA) is 69.2 Å². The molecule has 0 spiro atoms. The monoisotopic (exact) mass is 306 g/mol. The van der Waals surface area contributed by atoms with Gasteiger partial charge in [0.15, 0.2) is 5.03 Å². The Kier molecular flexibility index (Phi) is 3.15. The van der Waals surface area contributed by atoms with Crippen LogP contribution in [0.4, 0.5) is 0 Å². The Balaban J connectivity index is 2.10. The molecule has 20 heavy (non-hydrogen) atoms. The van der Waals surface area contributed by atoms with E-state index in [1.807, 2.05) is 24.3 Å². The molecule has 0 aliphatic carbocycles. The van der Waals surface area contributed by atoms with E-state index < -0.39 is 9.84 Å². The predicted molar refractivity (Wildman–Crippen MR) is 75.9 cm³/mol. The van der Waals surface area contributed by atoms with Crippen LogP contribution in [-0.4, -0.2) is 25.7 Å². The Morgan fingerprint density at radius 1 is 1.10 bits per heavy atom. The summed E-state index contributed by atoms with van der Waals surface area (Å²) in [6, 6.07) is 12.0. The van der Waals surface area contributed by atoms with E-state index in [1.54, 1.807) is 6.07 Å². The molecular weight excluding hydrogens is 296 g/mol. The van der Waals surface area contributed by atoms with E-state index in [4.69, 9.17) is 4.74 Å². The first-order valence-corrected chi connectivity index (χ1v) is 8.02. The summed E-state index contributed by atoms with van der Waals surface area (Å²) in [5.41, 5.74) is 0. The van der Waals surface area contributed by atoms with Crippen molar-refractivity contribution in [3.05, 3.63) is 42.5 Å². The van der Waals surface area contributed by atoms with Crippen molar-refractivity contribution >= 4 is 31.3 Å². The Hall–Kier alpha value is -1.99. The molecular formula is C13H10N2O3S2. The Morgan fingerprint density at radius 3 is 2.55 bits per heavy atom. The summed E-state index contributed by atoms with van der Waals surface area (Å²) in [7, 11) is -2.19. The lowest BCUT2D eigenvalue weighted by molar-refractivity contribution is 0.389. The molecule has 0 saturated carbocycles. The molecule has 0 saturated heterocycles. The molecule has 2 heterocycles. The maximum Gasteiger partial charge on any atom is 0.235 e. The molecule has 0 bridgehead atoms. The van der Waals surface area contributed by atoms with E-state index in [2.05, 4.69) is 10.2 Å². The summed E-state index contributed by atoms with van der Waals surface area (Å²) in [5.74, 6) is 0.278. The van der Waals surface area contributed by atoms with Crippen LogP contribution >= 0.6 is 11.3 Å². The van der Waals surface area contributed by atoms with Gasteiger partial charge in [-0.15, -0.1) is 21.5 Å². The zero-order valence-electron chi connectivity index (χ0n) is 10.5. The molecule has 0 fully saturated rings. The van der Waals surface area contributed by atoms with E-state index in [-0.39, 0.29) is 15.1 Å². The average molecular weight is 306 g/mol. The minimum atomic E-state index is -3.64. The van der Waals surface area contributed by atoms with Crippen molar-refractivity contribution in [3.63, 3.8) is 0 Å². The molecule has 0 aliphatic rings. The molecule has 0 unspecified atom stereocenters. The third-order valence-electron chi connectivity index (χ3n) is 2.77. The second-order valence-electron chi connectivity index (χ2n) is 4.02. The molecule has 1 aromatic carbocycles. The van der Waals surface area contributed by atoms with Crippen molar-refractivity contribution in [2.45, 2.75) is 9.24 Å². The summed E-state index contributed by atoms with van der Waals surface area (Å²) < 4.78 is 31.0. The molecule has 5 nitrogen and oxygen atoms in total. The minimum Gasteiger partial charge on any atom is -0.480 e. The van der Waals surface area contributed by atoms with Gasteiger partial charge in [-0.3, -0.25) is 0 Å². The number of rotatable bonds is 3. The normalized spacial score (nSPS) is 11.7. The SMILES string of the molecule is COc1ccc(S(=O)(=O)c2cc3ccccc3s2)nn1. The van der Waals surface area contributed by atoms with Crippen LogP contribution in [0.25, 0.3) is 10.1 Å². The van der Waals surface area contributed by atoms with Gasteiger partial charge in [0.1, 0.15) is 4.21 Å². The lowest BCUT2D eigenvalue weighted by Gasteiger charge is -2.00. The fourth-order valence-electron chi connectivity index (χ4n) is 1.75. The second-order valence-corrected chi connectivity index (χ2v) is 7.23. The smallest absolute Gasteiger partial charge is 0.235 e. The number of hydrogen-bond donors (Lipinski definition) is 0. The molecule has 0 N–H and O–H groups in total. The van der Waals surface area contributed by atoms with Crippen LogP contribution in [0.15, 0.2) is 51.7 Å². The molecule has 7 heteroatoms. The molecule has 102 valence electrons. The summed E-state index contributed by atoms with van der Waals surface area (Å²) >= 11 is 1.22. The molecule has 3 rings (SSSR count). The van der Waals surface area contributed by atoms with Crippen molar-refractivity contribution in [2.75, 3.05) is 7.11 Å². The number of nitrogens with zero attached hydrogens (tertiary/aromatic N) is 2. The molecule has 2 aromatic heterocycles. The highest BCUT2D eigenvalue weighted by Gasteiger charge is 2.22. The van der Waals surface area contributed by atoms with E-state index >= 15 is 0 Å². The van der Waals surface area contributed by atoms with E-state index in [1.165, 1.54) is 30.6 Å². The molecule has 0 aliphatic heterocycles. The van der Waals surface area contributed by atoms with Crippen LogP contribution < -0.4 is 4.74 Å². The number of benzene rings is 1. The summed E-state index contributed by atoms with van der Waals surface area (Å²) in [5, 5.41) is 8.23. The van der Waals surface area contributed by atoms with Gasteiger partial charge in [0.2, 0.25) is 15.7 Å². The lowest BCUT2D eigenvalue weighted by Crippen LogP contribution is -2.04. The summed E-state index contributed by atoms with van der Waals surface area (Å²) in [6.07, 6.45) is 0. The highest BCUT2D eigenvalue weighted by molar-refractivity contribution is 7.93. The van der Waals surface area contributed by atoms with Crippen molar-refractivity contribution in [1.29, 1.82) is 0 Å². The van der Waals surface area contributed by atoms with Gasteiger partial charge in [0, 0.05) is 10.8 Å². The molecule has 0 atom stereocenters. The average Bonchev–Trinajstić information content (AvgIpc) is 2.92. The van der Waals surface area contributed by atoms with Gasteiger partial charge in [0.05, 0.1) is 7.11 Å². The number of sulfone groups is 1. The van der Waals surface area contributed by atoms with Crippen molar-refractivity contribution in [1.82, 2.24) is 10.2 Å². The van der Waals surface area contributed by atoms with Crippen LogP contribution in [0, 0.1) is 0 Å². The summed E-state index contributed by atoms with van der Waals surface area (Å²) in [4.78, 5) is 0. The molecule has 0 amide bonds. The van der Waals surface area contributed by atoms with Crippen molar-refractivity contribution < 1.29 is 13.2 Å². The van der Waals surface area contributed by atoms with Gasteiger partial charge in [0.25, 0.3) is 0 Å². The largest absolute Gasteiger partial charge is 0.480 e. The highest BCUT2D eigenvalue weighted by Crippen LogP contribution is 2.31. The van der Waals surface area contributed by atoms with E-state index in [9.17, 15) is 8.42 Å². The van der Waals surface area contributed by atoms with E-state index in [0.717, 1.165) is 10.1 Å². The minimum absolute atomic E-state index is 0.0788. The number of methoxy groups -OCH3 is 1. The predicted octanol–water partition coefficient (Wildman–Crippen LogP) is 2.53. The van der Waals surface area contributed by atoms with Crippen LogP contribution in [0.2, 0.25) is 0 Å². The quantitative estimate of drug-likeness (QED) is 0.743. The Labute approximate surface area is 119 Å². The molecule has 0 radical (unpaired) electrons. The number of fused-ring (bicyclic) bond motifs is 1. The Bertz CT molecular complexity index is 822. The van der Waals surface area contributed by atoms with Gasteiger partial charge in [-0.2, -0.15) is 0 Å². The third-order valence-corrected chi connectivity index (χ3v) is 6.00. The maximum absolute atomic E-state index is 12.5. The fourth-order valence-corrected chi connectivity index (χ4v) is 4.40. The number of hydrogen-bond acceptors (Lipinski definition) is 6. The van der Waals surface area contributed by atoms with Crippen molar-refractivity contribution in [3.8, 4) is 5.88 Å². The first-order chi connectivity index (χ1) is 9.61. The van der Waals surface area contributed by atoms with Crippen LogP contribution in [0.3, 0.4) is 0 Å². The first-order valence-electron chi connectivity index (χ1n) is 5.72. The fraction of sp³-hybridized carbons (Fsp3) is 0.0769. The van der Waals surface area contributed by atoms with Gasteiger partial charge in [-0.25, -0.2) is 8.42 Å². The van der Waals surface area contributed by atoms with Gasteiger partial charge < -0.3 is 4.74 Å². The second kappa shape index (κ2) is 4.84. The van der Waals surface area contributed by atoms with Gasteiger partial charge in [-0.1, -0.05) is 18.2 Å². The van der Waals surface area contributed by atoms with Crippen LogP contribution in [0.5, 0.6) is 5.88 Å². The third kappa shape index (κ3) is 2.14. The highest BCUT2D eigenvalue weighted by atomic mass is 32.2. The zero-order chi connectivity index (χ0) is 14.2. The van der Waals surface area contributed by atoms with Gasteiger partial charge in [-0.05, 0) is 23.6 Å². The Morgan fingerprint density at radius 2 is 1.90 bits per heavy atom. The van der Waals surface area contributed by atoms with Gasteiger partial charge >= 0.3 is 0 Å². The van der Waals surface area contributed by atoms with Crippen LogP contribution in [0.1, 0.15) is 0 Å². The van der Waals surface area contributed by atoms with Crippen molar-refractivity contribution in [2.24, 2.45) is 0 Å². The number of aromatic nitrogens is 2. The zero-order valence-corrected chi connectivity index (χ0v) is 12.1. The first kappa shape index (κ1) is 13.0. The molecule has 3 aromatic rings. The summed E-state index contributed by atoms with van der Waals surface area (Å²) in [6.45, 7) is 0. The maximum atomic E-state index is 12.5. The standard InChI is InChI=1S/C13H10N2O3S2/c1-18-11-6-7-12(15-14-11)20(16,17)13-8-9-4-2-3-5-10(9)19-13/h2-8H,1H3. The number of thiophene rings is 1.